The lowest BCUT2D eigenvalue weighted by Crippen LogP contribution is -2.35. The molecular formula is C33H34F3N5O. The first-order chi connectivity index (χ1) is 20.1. The third kappa shape index (κ3) is 6.84. The maximum absolute atomic E-state index is 14.1. The van der Waals surface area contributed by atoms with E-state index in [2.05, 4.69) is 45.8 Å². The zero-order valence-electron chi connectivity index (χ0n) is 24.0. The Labute approximate surface area is 244 Å². The van der Waals surface area contributed by atoms with Gasteiger partial charge in [0.05, 0.1) is 11.8 Å². The maximum atomic E-state index is 14.1. The minimum Gasteiger partial charge on any atom is -0.322 e. The van der Waals surface area contributed by atoms with Crippen molar-refractivity contribution in [1.29, 1.82) is 0 Å². The van der Waals surface area contributed by atoms with Crippen molar-refractivity contribution in [2.24, 2.45) is 0 Å². The Kier molecular flexibility index (Phi) is 8.66. The quantitative estimate of drug-likeness (QED) is 0.288. The van der Waals surface area contributed by atoms with E-state index >= 15 is 0 Å². The molecule has 0 bridgehead atoms. The van der Waals surface area contributed by atoms with Gasteiger partial charge in [-0.1, -0.05) is 24.1 Å². The summed E-state index contributed by atoms with van der Waals surface area (Å²) >= 11 is 0. The molecule has 218 valence electrons. The fourth-order valence-electron chi connectivity index (χ4n) is 5.22. The molecule has 1 saturated heterocycles. The molecule has 4 aromatic rings. The van der Waals surface area contributed by atoms with Gasteiger partial charge in [0.1, 0.15) is 11.3 Å². The number of aryl methyl sites for hydroxylation is 1. The Hall–Kier alpha value is -4.13. The number of aromatic nitrogens is 2. The van der Waals surface area contributed by atoms with Gasteiger partial charge in [0, 0.05) is 48.7 Å². The molecule has 0 radical (unpaired) electrons. The Morgan fingerprint density at radius 2 is 1.86 bits per heavy atom. The Bertz CT molecular complexity index is 1650. The Morgan fingerprint density at radius 3 is 2.64 bits per heavy atom. The van der Waals surface area contributed by atoms with Crippen LogP contribution in [0.5, 0.6) is 0 Å². The van der Waals surface area contributed by atoms with E-state index in [1.165, 1.54) is 6.07 Å². The molecule has 0 atom stereocenters. The van der Waals surface area contributed by atoms with Crippen molar-refractivity contribution in [3.8, 4) is 11.8 Å². The number of fused-ring (bicyclic) bond motifs is 1. The molecule has 1 amide bonds. The molecule has 0 spiro atoms. The molecule has 1 N–H and O–H groups in total. The van der Waals surface area contributed by atoms with Gasteiger partial charge in [-0.15, -0.1) is 0 Å². The van der Waals surface area contributed by atoms with Crippen molar-refractivity contribution in [3.05, 3.63) is 101 Å². The molecule has 1 aliphatic rings. The van der Waals surface area contributed by atoms with Crippen LogP contribution in [-0.2, 0) is 12.7 Å². The van der Waals surface area contributed by atoms with Crippen LogP contribution in [0, 0.1) is 18.8 Å². The number of carbonyl (C=O) groups excluding carboxylic acids is 1. The molecule has 1 fully saturated rings. The molecule has 6 nitrogen and oxygen atoms in total. The number of hydrogen-bond acceptors (Lipinski definition) is 4. The first kappa shape index (κ1) is 29.4. The number of benzene rings is 2. The molecule has 1 aliphatic heterocycles. The van der Waals surface area contributed by atoms with E-state index in [9.17, 15) is 18.0 Å². The zero-order valence-corrected chi connectivity index (χ0v) is 24.0. The van der Waals surface area contributed by atoms with Crippen LogP contribution in [0.2, 0.25) is 0 Å². The summed E-state index contributed by atoms with van der Waals surface area (Å²) in [6, 6.07) is 15.2. The molecule has 2 aromatic carbocycles. The minimum atomic E-state index is -4.55. The number of alkyl halides is 3. The highest BCUT2D eigenvalue weighted by Crippen LogP contribution is 2.35. The lowest BCUT2D eigenvalue weighted by Gasteiger charge is -2.25. The molecule has 0 unspecified atom stereocenters. The predicted molar refractivity (Wildman–Crippen MR) is 158 cm³/mol. The van der Waals surface area contributed by atoms with Crippen LogP contribution in [-0.4, -0.2) is 57.3 Å². The van der Waals surface area contributed by atoms with E-state index < -0.39 is 17.6 Å². The molecular weight excluding hydrogens is 539 g/mol. The molecule has 9 heteroatoms. The second kappa shape index (κ2) is 12.4. The third-order valence-corrected chi connectivity index (χ3v) is 7.66. The molecule has 5 rings (SSSR count). The van der Waals surface area contributed by atoms with Crippen molar-refractivity contribution < 1.29 is 18.0 Å². The number of pyridine rings is 1. The highest BCUT2D eigenvalue weighted by Gasteiger charge is 2.34. The minimum absolute atomic E-state index is 0.0943. The first-order valence-corrected chi connectivity index (χ1v) is 14.1. The van der Waals surface area contributed by atoms with Gasteiger partial charge < -0.3 is 5.32 Å². The predicted octanol–water partition coefficient (Wildman–Crippen LogP) is 6.23. The standard InChI is InChI=1S/C33H34F3N5O/c1-23(2)40-15-6-14-39(17-18-40)22-27-10-12-28(20-30(27)33(34,35)36)38-32(42)26-9-8-24(3)25(19-26)11-13-29-21-37-31-7-4-5-16-41(29)31/h4-5,7-10,12,16,19-21,23H,6,14-15,17-18,22H2,1-3H3,(H,38,42). The van der Waals surface area contributed by atoms with Gasteiger partial charge in [-0.2, -0.15) is 13.2 Å². The number of nitrogens with zero attached hydrogens (tertiary/aromatic N) is 4. The third-order valence-electron chi connectivity index (χ3n) is 7.66. The molecule has 3 heterocycles. The van der Waals surface area contributed by atoms with Gasteiger partial charge in [-0.3, -0.25) is 19.0 Å². The fourth-order valence-corrected chi connectivity index (χ4v) is 5.22. The normalized spacial score (nSPS) is 14.9. The number of hydrogen-bond donors (Lipinski definition) is 1. The van der Waals surface area contributed by atoms with E-state index in [-0.39, 0.29) is 17.8 Å². The van der Waals surface area contributed by atoms with Gasteiger partial charge in [0.15, 0.2) is 0 Å². The van der Waals surface area contributed by atoms with Gasteiger partial charge in [0.2, 0.25) is 0 Å². The van der Waals surface area contributed by atoms with Crippen molar-refractivity contribution in [1.82, 2.24) is 19.2 Å². The zero-order chi connectivity index (χ0) is 29.9. The first-order valence-electron chi connectivity index (χ1n) is 14.1. The largest absolute Gasteiger partial charge is 0.416 e. The lowest BCUT2D eigenvalue weighted by atomic mass is 10.0. The average Bonchev–Trinajstić information content (AvgIpc) is 3.22. The van der Waals surface area contributed by atoms with E-state index in [1.54, 1.807) is 30.5 Å². The van der Waals surface area contributed by atoms with Crippen LogP contribution >= 0.6 is 0 Å². The highest BCUT2D eigenvalue weighted by molar-refractivity contribution is 6.04. The van der Waals surface area contributed by atoms with E-state index in [0.717, 1.165) is 43.3 Å². The summed E-state index contributed by atoms with van der Waals surface area (Å²) in [5.74, 6) is 5.71. The van der Waals surface area contributed by atoms with Gasteiger partial charge in [-0.05, 0) is 93.7 Å². The van der Waals surface area contributed by atoms with Gasteiger partial charge in [0.25, 0.3) is 5.91 Å². The number of rotatable bonds is 5. The van der Waals surface area contributed by atoms with Crippen molar-refractivity contribution in [3.63, 3.8) is 0 Å². The van der Waals surface area contributed by atoms with Gasteiger partial charge >= 0.3 is 6.18 Å². The van der Waals surface area contributed by atoms with E-state index in [4.69, 9.17) is 0 Å². The second-order valence-corrected chi connectivity index (χ2v) is 10.9. The summed E-state index contributed by atoms with van der Waals surface area (Å²) in [6.45, 7) is 9.60. The van der Waals surface area contributed by atoms with Gasteiger partial charge in [-0.25, -0.2) is 4.98 Å². The average molecular weight is 574 g/mol. The number of halogens is 3. The van der Waals surface area contributed by atoms with Crippen LogP contribution < -0.4 is 5.32 Å². The van der Waals surface area contributed by atoms with Crippen molar-refractivity contribution >= 4 is 17.2 Å². The van der Waals surface area contributed by atoms with Crippen molar-refractivity contribution in [2.75, 3.05) is 31.5 Å². The summed E-state index contributed by atoms with van der Waals surface area (Å²) in [5.41, 5.74) is 2.89. The fraction of sp³-hybridized carbons (Fsp3) is 0.333. The molecule has 0 aliphatic carbocycles. The summed E-state index contributed by atoms with van der Waals surface area (Å²) in [7, 11) is 0. The number of amides is 1. The molecule has 2 aromatic heterocycles. The molecule has 0 saturated carbocycles. The maximum Gasteiger partial charge on any atom is 0.416 e. The number of carbonyl (C=O) groups is 1. The van der Waals surface area contributed by atoms with Crippen molar-refractivity contribution in [2.45, 2.75) is 46.0 Å². The topological polar surface area (TPSA) is 52.9 Å². The highest BCUT2D eigenvalue weighted by atomic mass is 19.4. The lowest BCUT2D eigenvalue weighted by molar-refractivity contribution is -0.138. The van der Waals surface area contributed by atoms with Crippen LogP contribution in [0.1, 0.15) is 58.6 Å². The summed E-state index contributed by atoms with van der Waals surface area (Å²) < 4.78 is 44.2. The smallest absolute Gasteiger partial charge is 0.322 e. The number of anilines is 1. The Morgan fingerprint density at radius 1 is 1.02 bits per heavy atom. The van der Waals surface area contributed by atoms with E-state index in [0.29, 0.717) is 29.4 Å². The van der Waals surface area contributed by atoms with Crippen LogP contribution in [0.15, 0.2) is 67.0 Å². The number of nitrogens with one attached hydrogen (secondary N) is 1. The summed E-state index contributed by atoms with van der Waals surface area (Å²) in [4.78, 5) is 21.9. The van der Waals surface area contributed by atoms with E-state index in [1.807, 2.05) is 35.7 Å². The second-order valence-electron chi connectivity index (χ2n) is 10.9. The summed E-state index contributed by atoms with van der Waals surface area (Å²) in [5, 5.41) is 2.65. The number of imidazole rings is 1. The Balaban J connectivity index is 1.33. The monoisotopic (exact) mass is 573 g/mol. The van der Waals surface area contributed by atoms with Crippen LogP contribution in [0.3, 0.4) is 0 Å². The molecule has 42 heavy (non-hydrogen) atoms. The van der Waals surface area contributed by atoms with Crippen LogP contribution in [0.25, 0.3) is 5.65 Å². The van der Waals surface area contributed by atoms with Crippen LogP contribution in [0.4, 0.5) is 18.9 Å². The summed E-state index contributed by atoms with van der Waals surface area (Å²) in [6.07, 6.45) is -0.0764. The SMILES string of the molecule is Cc1ccc(C(=O)Nc2ccc(CN3CCCN(C(C)C)CC3)c(C(F)(F)F)c2)cc1C#Cc1cnc2ccccn12.